The lowest BCUT2D eigenvalue weighted by Gasteiger charge is -2.09. The van der Waals surface area contributed by atoms with Crippen LogP contribution in [0.4, 0.5) is 5.69 Å². The van der Waals surface area contributed by atoms with Gasteiger partial charge in [0.05, 0.1) is 27.8 Å². The van der Waals surface area contributed by atoms with Gasteiger partial charge in [0.15, 0.2) is 9.50 Å². The van der Waals surface area contributed by atoms with Gasteiger partial charge >= 0.3 is 0 Å². The molecule has 0 radical (unpaired) electrons. The number of aromatic nitrogens is 4. The number of amides is 2. The van der Waals surface area contributed by atoms with E-state index < -0.39 is 0 Å². The monoisotopic (exact) mass is 478 g/mol. The van der Waals surface area contributed by atoms with Crippen molar-refractivity contribution in [1.82, 2.24) is 25.1 Å². The number of carbonyl (C=O) groups is 2. The van der Waals surface area contributed by atoms with Gasteiger partial charge in [0.1, 0.15) is 6.33 Å². The number of ether oxygens (including phenoxy) is 1. The molecule has 3 aromatic rings. The molecule has 2 aromatic heterocycles. The molecular weight excluding hydrogens is 456 g/mol. The Balaban J connectivity index is 1.26. The number of anilines is 1. The highest BCUT2D eigenvalue weighted by Gasteiger charge is 2.16. The molecule has 1 fully saturated rings. The van der Waals surface area contributed by atoms with Gasteiger partial charge in [-0.3, -0.25) is 9.59 Å². The summed E-state index contributed by atoms with van der Waals surface area (Å²) in [5.74, 6) is 0.424. The van der Waals surface area contributed by atoms with Crippen molar-refractivity contribution in [1.29, 1.82) is 0 Å². The number of hydrogen-bond donors (Lipinski definition) is 2. The summed E-state index contributed by atoms with van der Waals surface area (Å²) < 4.78 is 9.06. The van der Waals surface area contributed by atoms with E-state index in [1.807, 2.05) is 25.2 Å². The highest BCUT2D eigenvalue weighted by molar-refractivity contribution is 8.01. The number of rotatable bonds is 9. The fourth-order valence-electron chi connectivity index (χ4n) is 2.98. The molecule has 12 heteroatoms. The molecule has 4 rings (SSSR count). The van der Waals surface area contributed by atoms with Crippen LogP contribution in [0, 0.1) is 0 Å². The summed E-state index contributed by atoms with van der Waals surface area (Å²) in [4.78, 5) is 28.9. The van der Waals surface area contributed by atoms with E-state index in [0.717, 1.165) is 34.0 Å². The van der Waals surface area contributed by atoms with Crippen LogP contribution in [-0.4, -0.2) is 62.3 Å². The first kappa shape index (κ1) is 22.1. The highest BCUT2D eigenvalue weighted by Crippen LogP contribution is 2.31. The Bertz CT molecular complexity index is 1060. The van der Waals surface area contributed by atoms with E-state index in [1.165, 1.54) is 34.9 Å². The smallest absolute Gasteiger partial charge is 0.234 e. The lowest BCUT2D eigenvalue weighted by molar-refractivity contribution is -0.119. The molecular formula is C19H22N6O3S3. The summed E-state index contributed by atoms with van der Waals surface area (Å²) in [6, 6.07) is 5.61. The van der Waals surface area contributed by atoms with Crippen LogP contribution in [0.25, 0.3) is 10.2 Å². The number of benzene rings is 1. The van der Waals surface area contributed by atoms with Crippen molar-refractivity contribution in [2.24, 2.45) is 7.05 Å². The van der Waals surface area contributed by atoms with Crippen LogP contribution in [0.2, 0.25) is 0 Å². The fourth-order valence-corrected chi connectivity index (χ4v) is 5.61. The molecule has 0 aliphatic carbocycles. The summed E-state index contributed by atoms with van der Waals surface area (Å²) in [5.41, 5.74) is 1.56. The summed E-state index contributed by atoms with van der Waals surface area (Å²) in [7, 11) is 1.83. The van der Waals surface area contributed by atoms with Gasteiger partial charge in [-0.25, -0.2) is 4.98 Å². The first-order chi connectivity index (χ1) is 15.1. The molecule has 3 heterocycles. The third-order valence-corrected chi connectivity index (χ3v) is 7.73. The number of nitrogens with zero attached hydrogens (tertiary/aromatic N) is 4. The second-order valence-corrected chi connectivity index (χ2v) is 10.1. The number of fused-ring (bicyclic) bond motifs is 1. The maximum atomic E-state index is 12.2. The van der Waals surface area contributed by atoms with Crippen molar-refractivity contribution in [2.45, 2.75) is 28.4 Å². The van der Waals surface area contributed by atoms with Gasteiger partial charge in [-0.05, 0) is 31.0 Å². The summed E-state index contributed by atoms with van der Waals surface area (Å²) in [6.07, 6.45) is 3.80. The van der Waals surface area contributed by atoms with Crippen molar-refractivity contribution in [3.8, 4) is 0 Å². The Hall–Kier alpha value is -2.15. The lowest BCUT2D eigenvalue weighted by atomic mass is 10.2. The summed E-state index contributed by atoms with van der Waals surface area (Å²) in [5, 5.41) is 14.3. The van der Waals surface area contributed by atoms with Crippen LogP contribution in [0.1, 0.15) is 12.8 Å². The molecule has 9 nitrogen and oxygen atoms in total. The predicted octanol–water partition coefficient (Wildman–Crippen LogP) is 2.54. The molecule has 0 bridgehead atoms. The van der Waals surface area contributed by atoms with Gasteiger partial charge in [-0.15, -0.1) is 21.5 Å². The Labute approximate surface area is 191 Å². The van der Waals surface area contributed by atoms with Gasteiger partial charge in [-0.1, -0.05) is 23.5 Å². The van der Waals surface area contributed by atoms with Gasteiger partial charge < -0.3 is 19.9 Å². The topological polar surface area (TPSA) is 111 Å². The minimum absolute atomic E-state index is 0.0203. The van der Waals surface area contributed by atoms with E-state index in [1.54, 1.807) is 10.9 Å². The van der Waals surface area contributed by atoms with Gasteiger partial charge in [0.25, 0.3) is 0 Å². The van der Waals surface area contributed by atoms with Gasteiger partial charge in [0.2, 0.25) is 11.8 Å². The number of nitrogens with one attached hydrogen (secondary N) is 2. The number of thiazole rings is 1. The van der Waals surface area contributed by atoms with Crippen LogP contribution in [0.3, 0.4) is 0 Å². The predicted molar refractivity (Wildman–Crippen MR) is 123 cm³/mol. The van der Waals surface area contributed by atoms with Crippen molar-refractivity contribution in [3.63, 3.8) is 0 Å². The number of carbonyl (C=O) groups excluding carboxylic acids is 2. The van der Waals surface area contributed by atoms with Crippen LogP contribution < -0.4 is 10.6 Å². The van der Waals surface area contributed by atoms with Crippen molar-refractivity contribution >= 4 is 62.6 Å². The quantitative estimate of drug-likeness (QED) is 0.452. The van der Waals surface area contributed by atoms with Crippen molar-refractivity contribution in [3.05, 3.63) is 24.5 Å². The molecule has 1 atom stereocenters. The molecule has 0 unspecified atom stereocenters. The average Bonchev–Trinajstić information content (AvgIpc) is 3.50. The largest absolute Gasteiger partial charge is 0.376 e. The van der Waals surface area contributed by atoms with Crippen molar-refractivity contribution in [2.75, 3.05) is 30.0 Å². The molecule has 1 aliphatic heterocycles. The Kier molecular flexibility index (Phi) is 7.43. The molecule has 164 valence electrons. The minimum Gasteiger partial charge on any atom is -0.376 e. The van der Waals surface area contributed by atoms with Gasteiger partial charge in [-0.2, -0.15) is 0 Å². The first-order valence-electron chi connectivity index (χ1n) is 9.75. The van der Waals surface area contributed by atoms with Crippen LogP contribution in [-0.2, 0) is 21.4 Å². The zero-order valence-corrected chi connectivity index (χ0v) is 19.3. The molecule has 0 spiro atoms. The Morgan fingerprint density at radius 1 is 1.29 bits per heavy atom. The van der Waals surface area contributed by atoms with E-state index in [-0.39, 0.29) is 23.7 Å². The second kappa shape index (κ2) is 10.4. The zero-order chi connectivity index (χ0) is 21.6. The van der Waals surface area contributed by atoms with E-state index in [9.17, 15) is 9.59 Å². The van der Waals surface area contributed by atoms with E-state index in [0.29, 0.717) is 23.1 Å². The van der Waals surface area contributed by atoms with Crippen LogP contribution in [0.5, 0.6) is 0 Å². The molecule has 31 heavy (non-hydrogen) atoms. The minimum atomic E-state index is -0.116. The van der Waals surface area contributed by atoms with E-state index >= 15 is 0 Å². The lowest BCUT2D eigenvalue weighted by Crippen LogP contribution is -2.32. The Morgan fingerprint density at radius 2 is 2.16 bits per heavy atom. The number of thioether (sulfide) groups is 2. The number of hydrogen-bond acceptors (Lipinski definition) is 9. The third kappa shape index (κ3) is 6.19. The molecule has 1 saturated heterocycles. The van der Waals surface area contributed by atoms with E-state index in [4.69, 9.17) is 4.74 Å². The maximum absolute atomic E-state index is 12.2. The second-order valence-electron chi connectivity index (χ2n) is 6.95. The van der Waals surface area contributed by atoms with Crippen LogP contribution in [0.15, 0.2) is 34.0 Å². The standard InChI is InChI=1S/C19H22N6O3S3/c1-25-11-21-24-18(25)29-10-17(27)22-12-4-5-14-15(7-12)31-19(23-14)30-9-16(26)20-8-13-3-2-6-28-13/h4-5,7,11,13H,2-3,6,8-10H2,1H3,(H,20,26)(H,22,27)/t13-/m0/s1. The average molecular weight is 479 g/mol. The molecule has 1 aliphatic rings. The first-order valence-corrected chi connectivity index (χ1v) is 12.5. The highest BCUT2D eigenvalue weighted by atomic mass is 32.2. The van der Waals surface area contributed by atoms with E-state index in [2.05, 4.69) is 25.8 Å². The normalized spacial score (nSPS) is 16.0. The molecule has 0 saturated carbocycles. The summed E-state index contributed by atoms with van der Waals surface area (Å²) >= 11 is 4.25. The van der Waals surface area contributed by atoms with Crippen LogP contribution >= 0.6 is 34.9 Å². The maximum Gasteiger partial charge on any atom is 0.234 e. The molecule has 2 N–H and O–H groups in total. The molecule has 2 amide bonds. The summed E-state index contributed by atoms with van der Waals surface area (Å²) in [6.45, 7) is 1.35. The fraction of sp³-hybridized carbons (Fsp3) is 0.421. The Morgan fingerprint density at radius 3 is 2.94 bits per heavy atom. The zero-order valence-electron chi connectivity index (χ0n) is 16.9. The third-order valence-electron chi connectivity index (χ3n) is 4.53. The molecule has 1 aromatic carbocycles. The van der Waals surface area contributed by atoms with Gasteiger partial charge in [0, 0.05) is 25.9 Å². The number of aryl methyl sites for hydroxylation is 1. The SMILES string of the molecule is Cn1cnnc1SCC(=O)Nc1ccc2nc(SCC(=O)NC[C@@H]3CCCO3)sc2c1. The van der Waals surface area contributed by atoms with Crippen molar-refractivity contribution < 1.29 is 14.3 Å².